The fraction of sp³-hybridized carbons (Fsp3) is 0.440. The molecule has 1 fully saturated rings. The van der Waals surface area contributed by atoms with Crippen molar-refractivity contribution in [1.82, 2.24) is 0 Å². The van der Waals surface area contributed by atoms with Crippen molar-refractivity contribution in [2.45, 2.75) is 39.7 Å². The molecule has 1 aromatic rings. The molecule has 0 heterocycles. The van der Waals surface area contributed by atoms with Crippen LogP contribution in [0.25, 0.3) is 0 Å². The molecular formula is C25H34O3. The van der Waals surface area contributed by atoms with Gasteiger partial charge in [-0.05, 0) is 55.2 Å². The molecule has 3 heteroatoms. The summed E-state index contributed by atoms with van der Waals surface area (Å²) in [5.74, 6) is 2.59. The Morgan fingerprint density at radius 2 is 1.89 bits per heavy atom. The van der Waals surface area contributed by atoms with E-state index in [1.807, 2.05) is 25.1 Å². The molecule has 0 aliphatic heterocycles. The Morgan fingerprint density at radius 1 is 1.18 bits per heavy atom. The van der Waals surface area contributed by atoms with Crippen LogP contribution in [0.4, 0.5) is 0 Å². The molecule has 0 aromatic heterocycles. The van der Waals surface area contributed by atoms with Gasteiger partial charge in [-0.15, -0.1) is 0 Å². The van der Waals surface area contributed by atoms with Crippen molar-refractivity contribution >= 4 is 0 Å². The lowest BCUT2D eigenvalue weighted by Gasteiger charge is -2.15. The highest BCUT2D eigenvalue weighted by Gasteiger charge is 2.31. The van der Waals surface area contributed by atoms with Gasteiger partial charge in [0.1, 0.15) is 5.76 Å². The van der Waals surface area contributed by atoms with E-state index >= 15 is 0 Å². The maximum Gasteiger partial charge on any atom is 0.125 e. The van der Waals surface area contributed by atoms with E-state index < -0.39 is 0 Å². The average Bonchev–Trinajstić information content (AvgIpc) is 3.55. The van der Waals surface area contributed by atoms with Crippen LogP contribution in [0.15, 0.2) is 77.8 Å². The van der Waals surface area contributed by atoms with Crippen molar-refractivity contribution in [1.29, 1.82) is 0 Å². The Balaban J connectivity index is 1.83. The molecule has 28 heavy (non-hydrogen) atoms. The van der Waals surface area contributed by atoms with Gasteiger partial charge >= 0.3 is 0 Å². The first-order valence-electron chi connectivity index (χ1n) is 10.0. The van der Waals surface area contributed by atoms with Gasteiger partial charge in [-0.1, -0.05) is 56.0 Å². The van der Waals surface area contributed by atoms with E-state index in [0.29, 0.717) is 19.1 Å². The van der Waals surface area contributed by atoms with Crippen LogP contribution in [0, 0.1) is 11.8 Å². The van der Waals surface area contributed by atoms with E-state index in [1.54, 1.807) is 14.2 Å². The Bertz CT molecular complexity index is 709. The molecule has 2 rings (SSSR count). The highest BCUT2D eigenvalue weighted by molar-refractivity contribution is 5.38. The van der Waals surface area contributed by atoms with E-state index in [-0.39, 0.29) is 5.92 Å². The van der Waals surface area contributed by atoms with Gasteiger partial charge in [0.05, 0.1) is 33.2 Å². The first-order valence-corrected chi connectivity index (χ1v) is 10.0. The van der Waals surface area contributed by atoms with Crippen LogP contribution in [0.2, 0.25) is 0 Å². The van der Waals surface area contributed by atoms with Crippen LogP contribution in [-0.2, 0) is 20.8 Å². The second kappa shape index (κ2) is 11.6. The van der Waals surface area contributed by atoms with Gasteiger partial charge in [0.15, 0.2) is 0 Å². The summed E-state index contributed by atoms with van der Waals surface area (Å²) in [5.41, 5.74) is 3.41. The lowest BCUT2D eigenvalue weighted by molar-refractivity contribution is 0.125. The smallest absolute Gasteiger partial charge is 0.125 e. The van der Waals surface area contributed by atoms with Crippen LogP contribution in [0.1, 0.15) is 38.7 Å². The van der Waals surface area contributed by atoms with E-state index in [0.717, 1.165) is 23.5 Å². The van der Waals surface area contributed by atoms with Gasteiger partial charge in [0, 0.05) is 5.57 Å². The normalized spacial score (nSPS) is 16.6. The number of allylic oxidation sites excluding steroid dienone is 5. The van der Waals surface area contributed by atoms with Crippen molar-refractivity contribution in [2.75, 3.05) is 20.8 Å². The minimum Gasteiger partial charge on any atom is -0.501 e. The van der Waals surface area contributed by atoms with Gasteiger partial charge < -0.3 is 14.2 Å². The molecule has 1 aromatic carbocycles. The third-order valence-electron chi connectivity index (χ3n) is 5.02. The Hall–Kier alpha value is -2.26. The van der Waals surface area contributed by atoms with Gasteiger partial charge in [-0.2, -0.15) is 0 Å². The zero-order valence-corrected chi connectivity index (χ0v) is 17.7. The fourth-order valence-corrected chi connectivity index (χ4v) is 3.03. The van der Waals surface area contributed by atoms with E-state index in [9.17, 15) is 0 Å². The molecule has 1 saturated carbocycles. The van der Waals surface area contributed by atoms with Crippen molar-refractivity contribution in [3.8, 4) is 0 Å². The summed E-state index contributed by atoms with van der Waals surface area (Å²) in [6.07, 6.45) is 9.68. The first-order chi connectivity index (χ1) is 13.6. The van der Waals surface area contributed by atoms with Gasteiger partial charge in [-0.25, -0.2) is 0 Å². The zero-order chi connectivity index (χ0) is 20.4. The summed E-state index contributed by atoms with van der Waals surface area (Å²) >= 11 is 0. The molecule has 0 bridgehead atoms. The number of ether oxygens (including phenoxy) is 3. The van der Waals surface area contributed by atoms with E-state index in [4.69, 9.17) is 14.2 Å². The van der Waals surface area contributed by atoms with Gasteiger partial charge in [0.2, 0.25) is 0 Å². The molecule has 1 aliphatic carbocycles. The predicted molar refractivity (Wildman–Crippen MR) is 116 cm³/mol. The topological polar surface area (TPSA) is 27.7 Å². The minimum atomic E-state index is 0.238. The highest BCUT2D eigenvalue weighted by atomic mass is 16.5. The summed E-state index contributed by atoms with van der Waals surface area (Å²) in [7, 11) is 3.43. The molecule has 3 nitrogen and oxygen atoms in total. The number of benzene rings is 1. The average molecular weight is 383 g/mol. The molecule has 1 atom stereocenters. The van der Waals surface area contributed by atoms with Crippen molar-refractivity contribution in [2.24, 2.45) is 11.8 Å². The summed E-state index contributed by atoms with van der Waals surface area (Å²) in [6, 6.07) is 10.2. The van der Waals surface area contributed by atoms with E-state index in [1.165, 1.54) is 24.0 Å². The van der Waals surface area contributed by atoms with Gasteiger partial charge in [-0.3, -0.25) is 0 Å². The lowest BCUT2D eigenvalue weighted by atomic mass is 9.98. The molecule has 0 amide bonds. The van der Waals surface area contributed by atoms with Crippen LogP contribution < -0.4 is 0 Å². The summed E-state index contributed by atoms with van der Waals surface area (Å²) in [5, 5.41) is 0. The second-order valence-corrected chi connectivity index (χ2v) is 7.28. The third-order valence-corrected chi connectivity index (χ3v) is 5.02. The number of hydrogen-bond donors (Lipinski definition) is 0. The molecule has 0 unspecified atom stereocenters. The van der Waals surface area contributed by atoms with Crippen molar-refractivity contribution in [3.63, 3.8) is 0 Å². The Morgan fingerprint density at radius 3 is 2.50 bits per heavy atom. The summed E-state index contributed by atoms with van der Waals surface area (Å²) < 4.78 is 16.9. The zero-order valence-electron chi connectivity index (χ0n) is 17.7. The molecule has 0 N–H and O–H groups in total. The maximum absolute atomic E-state index is 5.72. The number of rotatable bonds is 12. The lowest BCUT2D eigenvalue weighted by Crippen LogP contribution is -2.02. The predicted octanol–water partition coefficient (Wildman–Crippen LogP) is 6.20. The molecular weight excluding hydrogens is 348 g/mol. The number of hydrogen-bond acceptors (Lipinski definition) is 3. The molecule has 0 radical (unpaired) electrons. The Kier molecular flexibility index (Phi) is 9.09. The van der Waals surface area contributed by atoms with Crippen molar-refractivity contribution < 1.29 is 14.2 Å². The quantitative estimate of drug-likeness (QED) is 0.186. The number of methoxy groups -OCH3 is 2. The Labute approximate surface area is 170 Å². The first kappa shape index (κ1) is 22.0. The standard InChI is InChI=1S/C25H34O3/c1-19(11-9-10-16-28-18-22-12-7-6-8-13-22)20(2)17-24(27-5)25(21(3)26-4)23-14-15-23/h6-9,11-13,17,19,23H,2,10,14-16,18H2,1,3-5H3/b11-9+,24-17+,25-21+/t19-/m0/s1. The van der Waals surface area contributed by atoms with Crippen LogP contribution in [0.5, 0.6) is 0 Å². The van der Waals surface area contributed by atoms with Crippen molar-refractivity contribution in [3.05, 3.63) is 83.4 Å². The van der Waals surface area contributed by atoms with Crippen LogP contribution in [0.3, 0.4) is 0 Å². The largest absolute Gasteiger partial charge is 0.501 e. The fourth-order valence-electron chi connectivity index (χ4n) is 3.03. The molecule has 1 aliphatic rings. The minimum absolute atomic E-state index is 0.238. The summed E-state index contributed by atoms with van der Waals surface area (Å²) in [6.45, 7) is 9.77. The van der Waals surface area contributed by atoms with E-state index in [2.05, 4.69) is 43.9 Å². The van der Waals surface area contributed by atoms with Crippen LogP contribution >= 0.6 is 0 Å². The second-order valence-electron chi connectivity index (χ2n) is 7.28. The molecule has 0 spiro atoms. The highest BCUT2D eigenvalue weighted by Crippen LogP contribution is 2.42. The van der Waals surface area contributed by atoms with Crippen LogP contribution in [-0.4, -0.2) is 20.8 Å². The van der Waals surface area contributed by atoms with Gasteiger partial charge in [0.25, 0.3) is 0 Å². The summed E-state index contributed by atoms with van der Waals surface area (Å²) in [4.78, 5) is 0. The molecule has 152 valence electrons. The monoisotopic (exact) mass is 382 g/mol. The third kappa shape index (κ3) is 7.05. The maximum atomic E-state index is 5.72. The molecule has 0 saturated heterocycles. The SMILES string of the molecule is C=C(/C=C(OC)\C(=C(/C)OC)C1CC1)[C@@H](C)/C=C/CCOCc1ccccc1.